The molecule has 0 unspecified atom stereocenters. The summed E-state index contributed by atoms with van der Waals surface area (Å²) in [5.41, 5.74) is 0.800. The van der Waals surface area contributed by atoms with Crippen molar-refractivity contribution in [3.8, 4) is 0 Å². The number of halogens is 3. The van der Waals surface area contributed by atoms with Crippen molar-refractivity contribution < 1.29 is 22.8 Å². The number of nitrogens with one attached hydrogen (secondary N) is 2. The predicted octanol–water partition coefficient (Wildman–Crippen LogP) is 0.621. The van der Waals surface area contributed by atoms with E-state index < -0.39 is 18.6 Å². The molecule has 0 radical (unpaired) electrons. The largest absolute Gasteiger partial charge is 0.405 e. The number of nitrogens with zero attached hydrogens (tertiary/aromatic N) is 2. The van der Waals surface area contributed by atoms with Gasteiger partial charge in [0, 0.05) is 31.9 Å². The molecule has 1 aliphatic rings. The van der Waals surface area contributed by atoms with Gasteiger partial charge in [0.1, 0.15) is 6.54 Å². The van der Waals surface area contributed by atoms with Crippen LogP contribution in [0.5, 0.6) is 0 Å². The standard InChI is InChI=1S/C14H17F3N4O2/c1-21-12(23)5-10(13(21)9-3-2-4-18-6-9)19-7-11(22)20-8-14(15,16)17/h2-4,6,10,13,19H,5,7-8H2,1H3,(H,20,22)/t10-,13+/m1/s1. The molecule has 2 rings (SSSR count). The molecule has 1 saturated heterocycles. The second-order valence-corrected chi connectivity index (χ2v) is 5.32. The van der Waals surface area contributed by atoms with Crippen LogP contribution in [0.1, 0.15) is 18.0 Å². The maximum absolute atomic E-state index is 12.0. The fourth-order valence-electron chi connectivity index (χ4n) is 2.54. The number of hydrogen-bond donors (Lipinski definition) is 2. The summed E-state index contributed by atoms with van der Waals surface area (Å²) < 4.78 is 36.1. The van der Waals surface area contributed by atoms with Crippen LogP contribution in [-0.4, -0.2) is 54.1 Å². The molecule has 23 heavy (non-hydrogen) atoms. The lowest BCUT2D eigenvalue weighted by molar-refractivity contribution is -0.138. The van der Waals surface area contributed by atoms with Gasteiger partial charge in [-0.15, -0.1) is 0 Å². The summed E-state index contributed by atoms with van der Waals surface area (Å²) in [5.74, 6) is -0.874. The fraction of sp³-hybridized carbons (Fsp3) is 0.500. The van der Waals surface area contributed by atoms with Gasteiger partial charge in [-0.3, -0.25) is 14.6 Å². The Balaban J connectivity index is 1.95. The second-order valence-electron chi connectivity index (χ2n) is 5.32. The molecule has 0 aromatic carbocycles. The van der Waals surface area contributed by atoms with Gasteiger partial charge in [-0.05, 0) is 11.6 Å². The van der Waals surface area contributed by atoms with Gasteiger partial charge in [0.2, 0.25) is 11.8 Å². The summed E-state index contributed by atoms with van der Waals surface area (Å²) in [5, 5.41) is 4.64. The smallest absolute Gasteiger partial charge is 0.346 e. The zero-order valence-electron chi connectivity index (χ0n) is 12.4. The quantitative estimate of drug-likeness (QED) is 0.830. The number of alkyl halides is 3. The summed E-state index contributed by atoms with van der Waals surface area (Å²) >= 11 is 0. The van der Waals surface area contributed by atoms with Gasteiger partial charge in [-0.25, -0.2) is 0 Å². The summed E-state index contributed by atoms with van der Waals surface area (Å²) in [6.45, 7) is -1.67. The molecule has 2 N–H and O–H groups in total. The van der Waals surface area contributed by atoms with Crippen LogP contribution in [0.3, 0.4) is 0 Å². The number of amides is 2. The molecule has 2 amide bonds. The Labute approximate surface area is 131 Å². The zero-order valence-corrected chi connectivity index (χ0v) is 12.4. The van der Waals surface area contributed by atoms with Crippen molar-refractivity contribution in [2.45, 2.75) is 24.7 Å². The average Bonchev–Trinajstić information content (AvgIpc) is 2.78. The monoisotopic (exact) mass is 330 g/mol. The van der Waals surface area contributed by atoms with E-state index in [0.29, 0.717) is 0 Å². The molecule has 0 spiro atoms. The van der Waals surface area contributed by atoms with Gasteiger partial charge < -0.3 is 15.5 Å². The summed E-state index contributed by atoms with van der Waals surface area (Å²) in [7, 11) is 1.64. The number of likely N-dealkylation sites (tertiary alicyclic amines) is 1. The van der Waals surface area contributed by atoms with Crippen LogP contribution in [0.25, 0.3) is 0 Å². The van der Waals surface area contributed by atoms with Crippen molar-refractivity contribution in [1.82, 2.24) is 20.5 Å². The minimum Gasteiger partial charge on any atom is -0.346 e. The molecule has 0 saturated carbocycles. The molecule has 2 heterocycles. The van der Waals surface area contributed by atoms with Crippen molar-refractivity contribution in [3.05, 3.63) is 30.1 Å². The Morgan fingerprint density at radius 3 is 2.83 bits per heavy atom. The van der Waals surface area contributed by atoms with E-state index in [1.54, 1.807) is 35.7 Å². The number of likely N-dealkylation sites (N-methyl/N-ethyl adjacent to an activating group) is 1. The summed E-state index contributed by atoms with van der Waals surface area (Å²) in [6.07, 6.45) is -1.05. The lowest BCUT2D eigenvalue weighted by atomic mass is 10.0. The van der Waals surface area contributed by atoms with Crippen molar-refractivity contribution in [2.24, 2.45) is 0 Å². The molecule has 0 aliphatic carbocycles. The highest BCUT2D eigenvalue weighted by molar-refractivity contribution is 5.81. The van der Waals surface area contributed by atoms with E-state index >= 15 is 0 Å². The van der Waals surface area contributed by atoms with Crippen LogP contribution >= 0.6 is 0 Å². The third kappa shape index (κ3) is 4.65. The molecule has 1 fully saturated rings. The Kier molecular flexibility index (Phi) is 5.19. The van der Waals surface area contributed by atoms with E-state index in [-0.39, 0.29) is 31.0 Å². The highest BCUT2D eigenvalue weighted by Crippen LogP contribution is 2.31. The van der Waals surface area contributed by atoms with Gasteiger partial charge in [0.25, 0.3) is 0 Å². The predicted molar refractivity (Wildman–Crippen MR) is 75.2 cm³/mol. The van der Waals surface area contributed by atoms with Crippen molar-refractivity contribution in [2.75, 3.05) is 20.1 Å². The SMILES string of the molecule is CN1C(=O)C[C@@H](NCC(=O)NCC(F)(F)F)[C@@H]1c1cccnc1. The Hall–Kier alpha value is -2.16. The number of pyridine rings is 1. The molecular formula is C14H17F3N4O2. The van der Waals surface area contributed by atoms with Crippen molar-refractivity contribution >= 4 is 11.8 Å². The van der Waals surface area contributed by atoms with Gasteiger partial charge in [-0.2, -0.15) is 13.2 Å². The topological polar surface area (TPSA) is 74.3 Å². The highest BCUT2D eigenvalue weighted by atomic mass is 19.4. The molecule has 0 bridgehead atoms. The van der Waals surface area contributed by atoms with Gasteiger partial charge in [0.05, 0.1) is 12.6 Å². The van der Waals surface area contributed by atoms with E-state index in [9.17, 15) is 22.8 Å². The van der Waals surface area contributed by atoms with Crippen LogP contribution in [0.2, 0.25) is 0 Å². The van der Waals surface area contributed by atoms with Crippen LogP contribution in [-0.2, 0) is 9.59 Å². The Bertz CT molecular complexity index is 565. The lowest BCUT2D eigenvalue weighted by Crippen LogP contribution is -2.43. The molecule has 1 aromatic heterocycles. The van der Waals surface area contributed by atoms with Crippen molar-refractivity contribution in [3.63, 3.8) is 0 Å². The number of hydrogen-bond acceptors (Lipinski definition) is 4. The maximum atomic E-state index is 12.0. The average molecular weight is 330 g/mol. The van der Waals surface area contributed by atoms with Gasteiger partial charge in [0.15, 0.2) is 0 Å². The highest BCUT2D eigenvalue weighted by Gasteiger charge is 2.38. The first-order valence-electron chi connectivity index (χ1n) is 7.00. The molecule has 1 aromatic rings. The van der Waals surface area contributed by atoms with Crippen LogP contribution in [0.15, 0.2) is 24.5 Å². The number of aromatic nitrogens is 1. The first kappa shape index (κ1) is 17.2. The minimum absolute atomic E-state index is 0.105. The van der Waals surface area contributed by atoms with Crippen LogP contribution in [0.4, 0.5) is 13.2 Å². The normalized spacial score (nSPS) is 21.6. The first-order valence-corrected chi connectivity index (χ1v) is 7.00. The number of carbonyl (C=O) groups excluding carboxylic acids is 2. The van der Waals surface area contributed by atoms with Crippen LogP contribution < -0.4 is 10.6 Å². The molecule has 6 nitrogen and oxygen atoms in total. The Morgan fingerprint density at radius 1 is 1.48 bits per heavy atom. The van der Waals surface area contributed by atoms with E-state index in [4.69, 9.17) is 0 Å². The molecular weight excluding hydrogens is 313 g/mol. The van der Waals surface area contributed by atoms with E-state index in [2.05, 4.69) is 10.3 Å². The first-order chi connectivity index (χ1) is 10.8. The van der Waals surface area contributed by atoms with Gasteiger partial charge in [-0.1, -0.05) is 6.07 Å². The summed E-state index contributed by atoms with van der Waals surface area (Å²) in [4.78, 5) is 28.9. The summed E-state index contributed by atoms with van der Waals surface area (Å²) in [6, 6.07) is 2.87. The molecule has 2 atom stereocenters. The number of carbonyl (C=O) groups is 2. The molecule has 9 heteroatoms. The third-order valence-electron chi connectivity index (χ3n) is 3.62. The third-order valence-corrected chi connectivity index (χ3v) is 3.62. The van der Waals surface area contributed by atoms with E-state index in [1.807, 2.05) is 6.07 Å². The second kappa shape index (κ2) is 6.95. The Morgan fingerprint density at radius 2 is 2.22 bits per heavy atom. The van der Waals surface area contributed by atoms with E-state index in [0.717, 1.165) is 5.56 Å². The minimum atomic E-state index is -4.45. The maximum Gasteiger partial charge on any atom is 0.405 e. The van der Waals surface area contributed by atoms with E-state index in [1.165, 1.54) is 0 Å². The van der Waals surface area contributed by atoms with Crippen molar-refractivity contribution in [1.29, 1.82) is 0 Å². The molecule has 1 aliphatic heterocycles. The number of rotatable bonds is 5. The zero-order chi connectivity index (χ0) is 17.0. The lowest BCUT2D eigenvalue weighted by Gasteiger charge is -2.25. The van der Waals surface area contributed by atoms with Crippen LogP contribution in [0, 0.1) is 0 Å². The molecule has 126 valence electrons. The van der Waals surface area contributed by atoms with Gasteiger partial charge >= 0.3 is 6.18 Å². The fourth-order valence-corrected chi connectivity index (χ4v) is 2.54.